The van der Waals surface area contributed by atoms with E-state index in [-0.39, 0.29) is 18.5 Å². The van der Waals surface area contributed by atoms with Gasteiger partial charge in [-0.25, -0.2) is 0 Å². The van der Waals surface area contributed by atoms with Crippen LogP contribution in [0.25, 0.3) is 0 Å². The monoisotopic (exact) mass is 475 g/mol. The molecule has 1 amide bonds. The maximum atomic E-state index is 14.5. The number of amides is 1. The standard InChI is InChI=1S/C26H21NO6S/c1-30-19-9-8-18-22(23(19)31-2)25(29)27-11-10-15-12-20-21(33-14-32-20)13-17(15)24(28)26(18,27)34-16-6-4-3-5-7-16/h3-9,12-13H,10-11,14H2,1-2H3. The number of hydrogen-bond donors (Lipinski definition) is 0. The third-order valence-electron chi connectivity index (χ3n) is 6.51. The SMILES string of the molecule is COc1ccc2c(c1OC)C(=O)N1CCc3cc4c(cc3C(=O)C21Sc1ccccc1)OCO4. The number of methoxy groups -OCH3 is 2. The summed E-state index contributed by atoms with van der Waals surface area (Å²) in [6.07, 6.45) is 0.508. The molecular formula is C26H21NO6S. The van der Waals surface area contributed by atoms with Crippen LogP contribution in [0.5, 0.6) is 23.0 Å². The lowest BCUT2D eigenvalue weighted by Gasteiger charge is -2.35. The van der Waals surface area contributed by atoms with Crippen LogP contribution >= 0.6 is 11.8 Å². The fourth-order valence-corrected chi connectivity index (χ4v) is 6.38. The average molecular weight is 476 g/mol. The van der Waals surface area contributed by atoms with Crippen LogP contribution in [-0.4, -0.2) is 44.1 Å². The average Bonchev–Trinajstić information content (AvgIpc) is 3.39. The van der Waals surface area contributed by atoms with Crippen molar-refractivity contribution in [2.24, 2.45) is 0 Å². The second kappa shape index (κ2) is 7.70. The van der Waals surface area contributed by atoms with E-state index < -0.39 is 4.87 Å². The highest BCUT2D eigenvalue weighted by atomic mass is 32.2. The Kier molecular flexibility index (Phi) is 4.74. The first kappa shape index (κ1) is 20.9. The lowest BCUT2D eigenvalue weighted by atomic mass is 9.93. The van der Waals surface area contributed by atoms with E-state index in [9.17, 15) is 9.59 Å². The topological polar surface area (TPSA) is 74.3 Å². The molecule has 3 aromatic carbocycles. The number of carbonyl (C=O) groups excluding carboxylic acids is 2. The predicted octanol–water partition coefficient (Wildman–Crippen LogP) is 4.27. The molecule has 1 atom stereocenters. The predicted molar refractivity (Wildman–Crippen MR) is 125 cm³/mol. The summed E-state index contributed by atoms with van der Waals surface area (Å²) in [6.45, 7) is 0.484. The molecular weight excluding hydrogens is 454 g/mol. The van der Waals surface area contributed by atoms with Crippen molar-refractivity contribution < 1.29 is 28.5 Å². The van der Waals surface area contributed by atoms with E-state index >= 15 is 0 Å². The Hall–Kier alpha value is -3.65. The van der Waals surface area contributed by atoms with Crippen LogP contribution in [0.1, 0.15) is 31.8 Å². The molecule has 0 spiro atoms. The molecule has 7 nitrogen and oxygen atoms in total. The fourth-order valence-electron chi connectivity index (χ4n) is 4.98. The number of fused-ring (bicyclic) bond motifs is 5. The quantitative estimate of drug-likeness (QED) is 0.558. The maximum absolute atomic E-state index is 14.5. The molecule has 172 valence electrons. The normalized spacial score (nSPS) is 19.9. The molecule has 0 aliphatic carbocycles. The maximum Gasteiger partial charge on any atom is 0.259 e. The Labute approximate surface area is 200 Å². The third-order valence-corrected chi connectivity index (χ3v) is 7.94. The number of carbonyl (C=O) groups is 2. The van der Waals surface area contributed by atoms with E-state index in [0.717, 1.165) is 10.5 Å². The fraction of sp³-hybridized carbons (Fsp3) is 0.231. The van der Waals surface area contributed by atoms with E-state index in [1.165, 1.54) is 26.0 Å². The number of rotatable bonds is 4. The zero-order valence-electron chi connectivity index (χ0n) is 18.6. The van der Waals surface area contributed by atoms with Gasteiger partial charge in [-0.15, -0.1) is 0 Å². The summed E-state index contributed by atoms with van der Waals surface area (Å²) in [5, 5.41) is 0. The summed E-state index contributed by atoms with van der Waals surface area (Å²) in [6, 6.07) is 16.8. The summed E-state index contributed by atoms with van der Waals surface area (Å²) < 4.78 is 22.2. The Morgan fingerprint density at radius 2 is 1.74 bits per heavy atom. The first-order valence-electron chi connectivity index (χ1n) is 10.9. The van der Waals surface area contributed by atoms with Crippen LogP contribution in [0.15, 0.2) is 59.5 Å². The first-order valence-corrected chi connectivity index (χ1v) is 11.7. The lowest BCUT2D eigenvalue weighted by Crippen LogP contribution is -2.46. The minimum absolute atomic E-state index is 0.126. The molecule has 0 saturated carbocycles. The van der Waals surface area contributed by atoms with Gasteiger partial charge in [-0.3, -0.25) is 9.59 Å². The van der Waals surface area contributed by atoms with E-state index in [1.807, 2.05) is 36.4 Å². The molecule has 0 bridgehead atoms. The largest absolute Gasteiger partial charge is 0.493 e. The lowest BCUT2D eigenvalue weighted by molar-refractivity contribution is 0.0624. The summed E-state index contributed by atoms with van der Waals surface area (Å²) in [5.74, 6) is 1.52. The molecule has 0 radical (unpaired) electrons. The zero-order valence-corrected chi connectivity index (χ0v) is 19.4. The molecule has 6 rings (SSSR count). The van der Waals surface area contributed by atoms with E-state index in [4.69, 9.17) is 18.9 Å². The van der Waals surface area contributed by atoms with Gasteiger partial charge in [0, 0.05) is 22.6 Å². The number of ketones is 1. The molecule has 0 fully saturated rings. The van der Waals surface area contributed by atoms with Crippen molar-refractivity contribution in [3.05, 3.63) is 76.9 Å². The second-order valence-electron chi connectivity index (χ2n) is 8.18. The number of thioether (sulfide) groups is 1. The third kappa shape index (κ3) is 2.78. The Balaban J connectivity index is 1.63. The molecule has 3 aliphatic heterocycles. The Morgan fingerprint density at radius 1 is 0.971 bits per heavy atom. The number of hydrogen-bond acceptors (Lipinski definition) is 7. The molecule has 3 aromatic rings. The minimum atomic E-state index is -1.30. The van der Waals surface area contributed by atoms with Crippen molar-refractivity contribution in [3.63, 3.8) is 0 Å². The number of Topliss-reactive ketones (excluding diaryl/α,β-unsaturated/α-hetero) is 1. The molecule has 0 saturated heterocycles. The van der Waals surface area contributed by atoms with Crippen molar-refractivity contribution in [1.29, 1.82) is 0 Å². The van der Waals surface area contributed by atoms with Gasteiger partial charge in [-0.1, -0.05) is 36.0 Å². The van der Waals surface area contributed by atoms with Crippen LogP contribution in [0.3, 0.4) is 0 Å². The molecule has 0 N–H and O–H groups in total. The highest BCUT2D eigenvalue weighted by Crippen LogP contribution is 2.57. The van der Waals surface area contributed by atoms with Crippen LogP contribution in [0.2, 0.25) is 0 Å². The van der Waals surface area contributed by atoms with Gasteiger partial charge in [0.1, 0.15) is 0 Å². The van der Waals surface area contributed by atoms with Gasteiger partial charge in [-0.2, -0.15) is 0 Å². The van der Waals surface area contributed by atoms with Crippen molar-refractivity contribution in [1.82, 2.24) is 4.90 Å². The van der Waals surface area contributed by atoms with Crippen molar-refractivity contribution in [3.8, 4) is 23.0 Å². The summed E-state index contributed by atoms with van der Waals surface area (Å²) in [4.78, 5) is 29.7. The number of ether oxygens (including phenoxy) is 4. The molecule has 1 unspecified atom stereocenters. The molecule has 3 aliphatic rings. The van der Waals surface area contributed by atoms with Crippen molar-refractivity contribution in [2.45, 2.75) is 16.2 Å². The van der Waals surface area contributed by atoms with Gasteiger partial charge in [0.2, 0.25) is 12.6 Å². The van der Waals surface area contributed by atoms with Crippen LogP contribution < -0.4 is 18.9 Å². The van der Waals surface area contributed by atoms with Crippen LogP contribution in [-0.2, 0) is 11.3 Å². The van der Waals surface area contributed by atoms with Crippen LogP contribution in [0.4, 0.5) is 0 Å². The highest BCUT2D eigenvalue weighted by molar-refractivity contribution is 8.01. The summed E-state index contributed by atoms with van der Waals surface area (Å²) in [5.41, 5.74) is 2.33. The molecule has 34 heavy (non-hydrogen) atoms. The van der Waals surface area contributed by atoms with Gasteiger partial charge >= 0.3 is 0 Å². The second-order valence-corrected chi connectivity index (χ2v) is 9.45. The van der Waals surface area contributed by atoms with Gasteiger partial charge in [0.15, 0.2) is 27.9 Å². The van der Waals surface area contributed by atoms with Crippen molar-refractivity contribution in [2.75, 3.05) is 27.6 Å². The van der Waals surface area contributed by atoms with Gasteiger partial charge < -0.3 is 23.8 Å². The van der Waals surface area contributed by atoms with E-state index in [1.54, 1.807) is 23.1 Å². The zero-order chi connectivity index (χ0) is 23.4. The van der Waals surface area contributed by atoms with Crippen molar-refractivity contribution >= 4 is 23.5 Å². The van der Waals surface area contributed by atoms with Crippen LogP contribution in [0, 0.1) is 0 Å². The Bertz CT molecular complexity index is 1340. The molecule has 0 aromatic heterocycles. The number of nitrogens with zero attached hydrogens (tertiary/aromatic N) is 1. The highest BCUT2D eigenvalue weighted by Gasteiger charge is 2.58. The minimum Gasteiger partial charge on any atom is -0.493 e. The van der Waals surface area contributed by atoms with Gasteiger partial charge in [0.25, 0.3) is 5.91 Å². The van der Waals surface area contributed by atoms with Gasteiger partial charge in [-0.05, 0) is 42.3 Å². The van der Waals surface area contributed by atoms with E-state index in [2.05, 4.69) is 0 Å². The number of benzene rings is 3. The molecule has 3 heterocycles. The van der Waals surface area contributed by atoms with E-state index in [0.29, 0.717) is 52.7 Å². The Morgan fingerprint density at radius 3 is 2.47 bits per heavy atom. The first-order chi connectivity index (χ1) is 16.6. The molecule has 8 heteroatoms. The summed E-state index contributed by atoms with van der Waals surface area (Å²) >= 11 is 1.37. The summed E-state index contributed by atoms with van der Waals surface area (Å²) in [7, 11) is 3.03. The smallest absolute Gasteiger partial charge is 0.259 e. The van der Waals surface area contributed by atoms with Gasteiger partial charge in [0.05, 0.1) is 19.8 Å².